The Kier molecular flexibility index (Phi) is 4.17. The van der Waals surface area contributed by atoms with E-state index in [1.165, 1.54) is 18.2 Å². The maximum Gasteiger partial charge on any atom is 0.125 e. The SMILES string of the molecule is OC(CNc1cc(F)ccc1Cl)Cn1cccn1. The number of hydrogen-bond acceptors (Lipinski definition) is 3. The van der Waals surface area contributed by atoms with E-state index in [0.29, 0.717) is 17.3 Å². The lowest BCUT2D eigenvalue weighted by Gasteiger charge is -2.13. The van der Waals surface area contributed by atoms with Gasteiger partial charge in [-0.05, 0) is 24.3 Å². The first-order valence-corrected chi connectivity index (χ1v) is 5.87. The summed E-state index contributed by atoms with van der Waals surface area (Å²) in [7, 11) is 0. The molecule has 0 saturated heterocycles. The van der Waals surface area contributed by atoms with Crippen LogP contribution in [0.4, 0.5) is 10.1 Å². The topological polar surface area (TPSA) is 50.1 Å². The predicted octanol–water partition coefficient (Wildman–Crippen LogP) is 2.15. The summed E-state index contributed by atoms with van der Waals surface area (Å²) < 4.78 is 14.6. The van der Waals surface area contributed by atoms with Crippen molar-refractivity contribution in [3.05, 3.63) is 47.5 Å². The zero-order valence-corrected chi connectivity index (χ0v) is 10.3. The van der Waals surface area contributed by atoms with Gasteiger partial charge in [0.25, 0.3) is 0 Å². The number of hydrogen-bond donors (Lipinski definition) is 2. The molecule has 0 spiro atoms. The van der Waals surface area contributed by atoms with Gasteiger partial charge < -0.3 is 10.4 Å². The summed E-state index contributed by atoms with van der Waals surface area (Å²) in [6.07, 6.45) is 2.77. The van der Waals surface area contributed by atoms with Crippen LogP contribution in [0, 0.1) is 5.82 Å². The Labute approximate surface area is 109 Å². The van der Waals surface area contributed by atoms with Crippen molar-refractivity contribution in [2.24, 2.45) is 0 Å². The van der Waals surface area contributed by atoms with Gasteiger partial charge in [-0.1, -0.05) is 11.6 Å². The number of rotatable bonds is 5. The highest BCUT2D eigenvalue weighted by molar-refractivity contribution is 6.33. The molecule has 1 atom stereocenters. The molecule has 6 heteroatoms. The van der Waals surface area contributed by atoms with Gasteiger partial charge in [0.15, 0.2) is 0 Å². The molecule has 2 aromatic rings. The molecular weight excluding hydrogens is 257 g/mol. The molecular formula is C12H13ClFN3O. The number of halogens is 2. The van der Waals surface area contributed by atoms with Gasteiger partial charge in [0.05, 0.1) is 23.4 Å². The van der Waals surface area contributed by atoms with Crippen LogP contribution < -0.4 is 5.32 Å². The minimum Gasteiger partial charge on any atom is -0.389 e. The minimum absolute atomic E-state index is 0.267. The van der Waals surface area contributed by atoms with Gasteiger partial charge in [-0.2, -0.15) is 5.10 Å². The van der Waals surface area contributed by atoms with Crippen LogP contribution in [0.3, 0.4) is 0 Å². The molecule has 96 valence electrons. The van der Waals surface area contributed by atoms with E-state index in [1.54, 1.807) is 23.1 Å². The molecule has 1 heterocycles. The Balaban J connectivity index is 1.89. The van der Waals surface area contributed by atoms with Crippen molar-refractivity contribution in [2.45, 2.75) is 12.6 Å². The fourth-order valence-corrected chi connectivity index (χ4v) is 1.73. The quantitative estimate of drug-likeness (QED) is 0.874. The maximum atomic E-state index is 13.0. The highest BCUT2D eigenvalue weighted by atomic mass is 35.5. The van der Waals surface area contributed by atoms with Crippen LogP contribution in [0.5, 0.6) is 0 Å². The predicted molar refractivity (Wildman–Crippen MR) is 68.1 cm³/mol. The van der Waals surface area contributed by atoms with Crippen LogP contribution in [0.25, 0.3) is 0 Å². The highest BCUT2D eigenvalue weighted by Crippen LogP contribution is 2.22. The monoisotopic (exact) mass is 269 g/mol. The number of anilines is 1. The lowest BCUT2D eigenvalue weighted by atomic mass is 10.3. The second-order valence-corrected chi connectivity index (χ2v) is 4.29. The van der Waals surface area contributed by atoms with Crippen LogP contribution in [0.2, 0.25) is 5.02 Å². The van der Waals surface area contributed by atoms with Crippen molar-refractivity contribution in [3.63, 3.8) is 0 Å². The molecule has 0 aliphatic heterocycles. The standard InChI is InChI=1S/C12H13ClFN3O/c13-11-3-2-9(14)6-12(11)15-7-10(18)8-17-5-1-4-16-17/h1-6,10,15,18H,7-8H2. The van der Waals surface area contributed by atoms with E-state index in [-0.39, 0.29) is 12.4 Å². The van der Waals surface area contributed by atoms with Gasteiger partial charge in [0.2, 0.25) is 0 Å². The van der Waals surface area contributed by atoms with Gasteiger partial charge in [-0.25, -0.2) is 4.39 Å². The Morgan fingerprint density at radius 2 is 2.33 bits per heavy atom. The smallest absolute Gasteiger partial charge is 0.125 e. The van der Waals surface area contributed by atoms with Crippen molar-refractivity contribution < 1.29 is 9.50 Å². The van der Waals surface area contributed by atoms with Crippen LogP contribution >= 0.6 is 11.6 Å². The van der Waals surface area contributed by atoms with Crippen LogP contribution in [0.15, 0.2) is 36.7 Å². The van der Waals surface area contributed by atoms with Gasteiger partial charge in [-0.15, -0.1) is 0 Å². The summed E-state index contributed by atoms with van der Waals surface area (Å²) in [5.41, 5.74) is 0.469. The largest absolute Gasteiger partial charge is 0.389 e. The molecule has 4 nitrogen and oxygen atoms in total. The third-order valence-electron chi connectivity index (χ3n) is 2.41. The van der Waals surface area contributed by atoms with Gasteiger partial charge >= 0.3 is 0 Å². The molecule has 0 aliphatic carbocycles. The summed E-state index contributed by atoms with van der Waals surface area (Å²) in [6, 6.07) is 5.83. The molecule has 1 aromatic carbocycles. The molecule has 18 heavy (non-hydrogen) atoms. The average Bonchev–Trinajstić information content (AvgIpc) is 2.83. The summed E-state index contributed by atoms with van der Waals surface area (Å²) in [5, 5.41) is 17.1. The zero-order valence-electron chi connectivity index (χ0n) is 9.55. The third kappa shape index (κ3) is 3.45. The summed E-state index contributed by atoms with van der Waals surface area (Å²) >= 11 is 5.89. The first-order valence-electron chi connectivity index (χ1n) is 5.49. The number of nitrogens with zero attached hydrogens (tertiary/aromatic N) is 2. The fraction of sp³-hybridized carbons (Fsp3) is 0.250. The van der Waals surface area contributed by atoms with Crippen molar-refractivity contribution in [3.8, 4) is 0 Å². The van der Waals surface area contributed by atoms with E-state index in [1.807, 2.05) is 0 Å². The number of aliphatic hydroxyl groups excluding tert-OH is 1. The molecule has 1 aromatic heterocycles. The number of nitrogens with one attached hydrogen (secondary N) is 1. The summed E-state index contributed by atoms with van der Waals surface area (Å²) in [4.78, 5) is 0. The van der Waals surface area contributed by atoms with E-state index in [9.17, 15) is 9.50 Å². The van der Waals surface area contributed by atoms with E-state index in [2.05, 4.69) is 10.4 Å². The average molecular weight is 270 g/mol. The Bertz CT molecular complexity index is 504. The molecule has 2 rings (SSSR count). The second kappa shape index (κ2) is 5.84. The molecule has 2 N–H and O–H groups in total. The molecule has 0 aliphatic rings. The first kappa shape index (κ1) is 12.9. The second-order valence-electron chi connectivity index (χ2n) is 3.89. The molecule has 0 amide bonds. The Morgan fingerprint density at radius 3 is 3.06 bits per heavy atom. The van der Waals surface area contributed by atoms with Gasteiger partial charge in [0.1, 0.15) is 5.82 Å². The van der Waals surface area contributed by atoms with Gasteiger partial charge in [-0.3, -0.25) is 4.68 Å². The van der Waals surface area contributed by atoms with Gasteiger partial charge in [0, 0.05) is 18.9 Å². The van der Waals surface area contributed by atoms with E-state index < -0.39 is 6.10 Å². The molecule has 1 unspecified atom stereocenters. The number of aromatic nitrogens is 2. The van der Waals surface area contributed by atoms with Crippen molar-refractivity contribution in [1.29, 1.82) is 0 Å². The van der Waals surface area contributed by atoms with E-state index in [0.717, 1.165) is 0 Å². The van der Waals surface area contributed by atoms with Crippen molar-refractivity contribution in [2.75, 3.05) is 11.9 Å². The first-order chi connectivity index (χ1) is 8.65. The van der Waals surface area contributed by atoms with Crippen LogP contribution in [-0.4, -0.2) is 27.5 Å². The fourth-order valence-electron chi connectivity index (χ4n) is 1.55. The summed E-state index contributed by atoms with van der Waals surface area (Å²) in [5.74, 6) is -0.372. The Hall–Kier alpha value is -1.59. The van der Waals surface area contributed by atoms with Crippen LogP contribution in [0.1, 0.15) is 0 Å². The minimum atomic E-state index is -0.635. The van der Waals surface area contributed by atoms with E-state index >= 15 is 0 Å². The normalized spacial score (nSPS) is 12.4. The highest BCUT2D eigenvalue weighted by Gasteiger charge is 2.07. The van der Waals surface area contributed by atoms with Crippen molar-refractivity contribution in [1.82, 2.24) is 9.78 Å². The third-order valence-corrected chi connectivity index (χ3v) is 2.74. The molecule has 0 radical (unpaired) electrons. The van der Waals surface area contributed by atoms with E-state index in [4.69, 9.17) is 11.6 Å². The lowest BCUT2D eigenvalue weighted by molar-refractivity contribution is 0.161. The number of aliphatic hydroxyl groups is 1. The lowest BCUT2D eigenvalue weighted by Crippen LogP contribution is -2.25. The summed E-state index contributed by atoms with van der Waals surface area (Å²) in [6.45, 7) is 0.635. The molecule has 0 fully saturated rings. The molecule has 0 saturated carbocycles. The number of benzene rings is 1. The Morgan fingerprint density at radius 1 is 1.50 bits per heavy atom. The zero-order chi connectivity index (χ0) is 13.0. The maximum absolute atomic E-state index is 13.0. The van der Waals surface area contributed by atoms with Crippen molar-refractivity contribution >= 4 is 17.3 Å². The molecule has 0 bridgehead atoms. The van der Waals surface area contributed by atoms with Crippen LogP contribution in [-0.2, 0) is 6.54 Å².